The van der Waals surface area contributed by atoms with E-state index in [0.717, 1.165) is 12.8 Å². The van der Waals surface area contributed by atoms with E-state index < -0.39 is 0 Å². The Morgan fingerprint density at radius 2 is 1.00 bits per heavy atom. The zero-order valence-corrected chi connectivity index (χ0v) is 19.1. The van der Waals surface area contributed by atoms with Crippen molar-refractivity contribution in [3.05, 3.63) is 0 Å². The Labute approximate surface area is 176 Å². The predicted molar refractivity (Wildman–Crippen MR) is 122 cm³/mol. The molecule has 0 saturated carbocycles. The maximum absolute atomic E-state index is 10.6. The Kier molecular flexibility index (Phi) is 22.3. The Hall–Kier alpha value is -0.570. The van der Waals surface area contributed by atoms with Crippen LogP contribution in [0.1, 0.15) is 142 Å². The summed E-state index contributed by atoms with van der Waals surface area (Å²) in [6.45, 7) is 2.59. The molecule has 0 bridgehead atoms. The number of rotatable bonds is 23. The summed E-state index contributed by atoms with van der Waals surface area (Å²) in [5.41, 5.74) is 5.14. The van der Waals surface area contributed by atoms with Gasteiger partial charge in [0.05, 0.1) is 0 Å². The molecule has 0 fully saturated rings. The molecule has 0 aromatic rings. The summed E-state index contributed by atoms with van der Waals surface area (Å²) in [6.07, 6.45) is 26.9. The van der Waals surface area contributed by atoms with Crippen molar-refractivity contribution in [1.82, 2.24) is 0 Å². The van der Waals surface area contributed by atoms with Crippen LogP contribution >= 0.6 is 0 Å². The first-order valence-electron chi connectivity index (χ1n) is 12.6. The van der Waals surface area contributed by atoms with Gasteiger partial charge >= 0.3 is 0 Å². The van der Waals surface area contributed by atoms with Gasteiger partial charge in [-0.2, -0.15) is 0 Å². The molecule has 0 saturated heterocycles. The highest BCUT2D eigenvalue weighted by molar-refractivity contribution is 5.73. The van der Waals surface area contributed by atoms with E-state index in [4.69, 9.17) is 5.73 Å². The summed E-state index contributed by atoms with van der Waals surface area (Å²) in [6, 6.07) is 0. The number of unbranched alkanes of at least 4 members (excludes halogenated alkanes) is 16. The number of nitrogens with two attached hydrogens (primary N) is 1. The summed E-state index contributed by atoms with van der Waals surface area (Å²) >= 11 is 0. The molecule has 0 aromatic heterocycles. The standard InChI is InChI=1S/C25H51NO2/c1-2-20-24(23-27)21-18-16-14-12-10-8-6-4-3-5-7-9-11-13-15-17-19-22-25(26)28/h24,27H,2-23H2,1H3,(H2,26,28). The molecular formula is C25H51NO2. The number of carbonyl (C=O) groups excluding carboxylic acids is 1. The second kappa shape index (κ2) is 22.7. The fourth-order valence-corrected chi connectivity index (χ4v) is 4.12. The molecule has 168 valence electrons. The summed E-state index contributed by atoms with van der Waals surface area (Å²) in [7, 11) is 0. The van der Waals surface area contributed by atoms with Gasteiger partial charge < -0.3 is 10.8 Å². The fourth-order valence-electron chi connectivity index (χ4n) is 4.12. The van der Waals surface area contributed by atoms with Crippen LogP contribution in [-0.4, -0.2) is 17.6 Å². The van der Waals surface area contributed by atoms with Crippen LogP contribution in [0.15, 0.2) is 0 Å². The fraction of sp³-hybridized carbons (Fsp3) is 0.960. The molecule has 0 aliphatic carbocycles. The van der Waals surface area contributed by atoms with Crippen LogP contribution < -0.4 is 5.73 Å². The highest BCUT2D eigenvalue weighted by Gasteiger charge is 2.05. The Balaban J connectivity index is 3.09. The largest absolute Gasteiger partial charge is 0.396 e. The minimum atomic E-state index is -0.158. The average molecular weight is 398 g/mol. The number of aliphatic hydroxyl groups excluding tert-OH is 1. The van der Waals surface area contributed by atoms with Crippen LogP contribution in [0, 0.1) is 5.92 Å². The van der Waals surface area contributed by atoms with Gasteiger partial charge in [-0.15, -0.1) is 0 Å². The molecule has 3 N–H and O–H groups in total. The molecule has 0 aliphatic heterocycles. The SMILES string of the molecule is CCCC(CO)CCCCCCCCCCCCCCCCCCCC(N)=O. The maximum Gasteiger partial charge on any atom is 0.217 e. The summed E-state index contributed by atoms with van der Waals surface area (Å²) < 4.78 is 0. The summed E-state index contributed by atoms with van der Waals surface area (Å²) in [5, 5.41) is 9.30. The van der Waals surface area contributed by atoms with Crippen molar-refractivity contribution in [2.45, 2.75) is 142 Å². The molecule has 0 aliphatic rings. The van der Waals surface area contributed by atoms with Crippen molar-refractivity contribution in [2.75, 3.05) is 6.61 Å². The molecule has 1 atom stereocenters. The molecule has 0 radical (unpaired) electrons. The monoisotopic (exact) mass is 397 g/mol. The molecular weight excluding hydrogens is 346 g/mol. The third kappa shape index (κ3) is 21.7. The van der Waals surface area contributed by atoms with Gasteiger partial charge in [-0.3, -0.25) is 4.79 Å². The highest BCUT2D eigenvalue weighted by atomic mass is 16.3. The van der Waals surface area contributed by atoms with Crippen molar-refractivity contribution in [2.24, 2.45) is 11.7 Å². The maximum atomic E-state index is 10.6. The summed E-state index contributed by atoms with van der Waals surface area (Å²) in [4.78, 5) is 10.6. The molecule has 0 heterocycles. The Bertz CT molecular complexity index is 320. The first kappa shape index (κ1) is 27.4. The third-order valence-corrected chi connectivity index (χ3v) is 5.99. The van der Waals surface area contributed by atoms with Gasteiger partial charge in [0, 0.05) is 13.0 Å². The van der Waals surface area contributed by atoms with E-state index >= 15 is 0 Å². The van der Waals surface area contributed by atoms with Crippen molar-refractivity contribution >= 4 is 5.91 Å². The number of primary amides is 1. The topological polar surface area (TPSA) is 63.3 Å². The van der Waals surface area contributed by atoms with Crippen LogP contribution in [0.4, 0.5) is 0 Å². The molecule has 3 heteroatoms. The van der Waals surface area contributed by atoms with Gasteiger partial charge in [0.25, 0.3) is 0 Å². The lowest BCUT2D eigenvalue weighted by Crippen LogP contribution is -2.09. The third-order valence-electron chi connectivity index (χ3n) is 5.99. The minimum absolute atomic E-state index is 0.158. The number of carbonyl (C=O) groups is 1. The minimum Gasteiger partial charge on any atom is -0.396 e. The van der Waals surface area contributed by atoms with Gasteiger partial charge in [-0.05, 0) is 25.2 Å². The quantitative estimate of drug-likeness (QED) is 0.178. The lowest BCUT2D eigenvalue weighted by molar-refractivity contribution is -0.118. The lowest BCUT2D eigenvalue weighted by Gasteiger charge is -2.12. The van der Waals surface area contributed by atoms with Crippen LogP contribution in [0.5, 0.6) is 0 Å². The molecule has 0 aromatic carbocycles. The Morgan fingerprint density at radius 1 is 0.643 bits per heavy atom. The van der Waals surface area contributed by atoms with E-state index in [2.05, 4.69) is 6.92 Å². The number of aliphatic hydroxyl groups is 1. The lowest BCUT2D eigenvalue weighted by atomic mass is 9.96. The molecule has 0 rings (SSSR count). The van der Waals surface area contributed by atoms with Crippen LogP contribution in [0.25, 0.3) is 0 Å². The zero-order chi connectivity index (χ0) is 20.7. The number of hydrogen-bond acceptors (Lipinski definition) is 2. The average Bonchev–Trinajstić information content (AvgIpc) is 2.68. The van der Waals surface area contributed by atoms with E-state index in [-0.39, 0.29) is 5.91 Å². The van der Waals surface area contributed by atoms with E-state index in [0.29, 0.717) is 18.9 Å². The van der Waals surface area contributed by atoms with Crippen molar-refractivity contribution < 1.29 is 9.90 Å². The predicted octanol–water partition coefficient (Wildman–Crippen LogP) is 7.29. The van der Waals surface area contributed by atoms with Crippen LogP contribution in [0.3, 0.4) is 0 Å². The molecule has 0 spiro atoms. The number of amides is 1. The molecule has 3 nitrogen and oxygen atoms in total. The molecule has 28 heavy (non-hydrogen) atoms. The summed E-state index contributed by atoms with van der Waals surface area (Å²) in [5.74, 6) is 0.396. The normalized spacial score (nSPS) is 12.4. The first-order chi connectivity index (χ1) is 13.7. The highest BCUT2D eigenvalue weighted by Crippen LogP contribution is 2.17. The second-order valence-corrected chi connectivity index (χ2v) is 8.85. The van der Waals surface area contributed by atoms with Crippen LogP contribution in [-0.2, 0) is 4.79 Å². The number of hydrogen-bond donors (Lipinski definition) is 2. The van der Waals surface area contributed by atoms with E-state index in [1.165, 1.54) is 116 Å². The smallest absolute Gasteiger partial charge is 0.217 e. The van der Waals surface area contributed by atoms with Crippen molar-refractivity contribution in [3.8, 4) is 0 Å². The van der Waals surface area contributed by atoms with E-state index in [1.807, 2.05) is 0 Å². The van der Waals surface area contributed by atoms with Gasteiger partial charge in [0.15, 0.2) is 0 Å². The zero-order valence-electron chi connectivity index (χ0n) is 19.1. The molecule has 1 amide bonds. The molecule has 1 unspecified atom stereocenters. The van der Waals surface area contributed by atoms with Gasteiger partial charge in [0.2, 0.25) is 5.91 Å². The van der Waals surface area contributed by atoms with E-state index in [9.17, 15) is 9.90 Å². The first-order valence-corrected chi connectivity index (χ1v) is 12.6. The van der Waals surface area contributed by atoms with Gasteiger partial charge in [-0.25, -0.2) is 0 Å². The van der Waals surface area contributed by atoms with Crippen molar-refractivity contribution in [1.29, 1.82) is 0 Å². The van der Waals surface area contributed by atoms with Gasteiger partial charge in [0.1, 0.15) is 0 Å². The second-order valence-electron chi connectivity index (χ2n) is 8.85. The van der Waals surface area contributed by atoms with Gasteiger partial charge in [-0.1, -0.05) is 116 Å². The van der Waals surface area contributed by atoms with Crippen molar-refractivity contribution in [3.63, 3.8) is 0 Å². The Morgan fingerprint density at radius 3 is 1.32 bits per heavy atom. The van der Waals surface area contributed by atoms with E-state index in [1.54, 1.807) is 0 Å². The van der Waals surface area contributed by atoms with Crippen LogP contribution in [0.2, 0.25) is 0 Å².